The first kappa shape index (κ1) is 21.6. The van der Waals surface area contributed by atoms with Crippen LogP contribution in [0.2, 0.25) is 0 Å². The maximum absolute atomic E-state index is 13.4. The second-order valence-electron chi connectivity index (χ2n) is 8.84. The smallest absolute Gasteiger partial charge is 0.385 e. The molecule has 0 bridgehead atoms. The highest BCUT2D eigenvalue weighted by Gasteiger charge is 2.51. The van der Waals surface area contributed by atoms with Gasteiger partial charge in [0.15, 0.2) is 0 Å². The number of halogens is 3. The Balaban J connectivity index is 1.57. The van der Waals surface area contributed by atoms with Gasteiger partial charge in [0.25, 0.3) is 0 Å². The SMILES string of the molecule is O=C(C1CNCCN1CC(F)(F)F)N1CCC(O)(c2ccccc2)[C@H]2CCCC[C@H]21. The van der Waals surface area contributed by atoms with Crippen LogP contribution in [0, 0.1) is 5.92 Å². The minimum atomic E-state index is -4.33. The number of benzene rings is 1. The quantitative estimate of drug-likeness (QED) is 0.782. The third-order valence-electron chi connectivity index (χ3n) is 7.06. The van der Waals surface area contributed by atoms with E-state index in [1.165, 1.54) is 4.90 Å². The molecule has 30 heavy (non-hydrogen) atoms. The van der Waals surface area contributed by atoms with Crippen LogP contribution >= 0.6 is 0 Å². The van der Waals surface area contributed by atoms with Crippen molar-refractivity contribution < 1.29 is 23.1 Å². The lowest BCUT2D eigenvalue weighted by Crippen LogP contribution is -2.65. The van der Waals surface area contributed by atoms with Crippen LogP contribution in [0.25, 0.3) is 0 Å². The summed E-state index contributed by atoms with van der Waals surface area (Å²) in [5.74, 6) is -0.336. The molecule has 166 valence electrons. The molecule has 2 aliphatic heterocycles. The fourth-order valence-electron chi connectivity index (χ4n) is 5.64. The van der Waals surface area contributed by atoms with E-state index in [1.807, 2.05) is 30.3 Å². The largest absolute Gasteiger partial charge is 0.401 e. The second-order valence-corrected chi connectivity index (χ2v) is 8.84. The molecule has 3 aliphatic rings. The molecule has 1 aromatic rings. The summed E-state index contributed by atoms with van der Waals surface area (Å²) in [4.78, 5) is 16.5. The van der Waals surface area contributed by atoms with E-state index in [0.29, 0.717) is 19.5 Å². The molecule has 4 rings (SSSR count). The number of hydrogen-bond donors (Lipinski definition) is 2. The normalized spacial score (nSPS) is 33.2. The van der Waals surface area contributed by atoms with Crippen molar-refractivity contribution in [2.75, 3.05) is 32.7 Å². The predicted octanol–water partition coefficient (Wildman–Crippen LogP) is 2.50. The molecule has 1 aliphatic carbocycles. The van der Waals surface area contributed by atoms with E-state index in [9.17, 15) is 23.1 Å². The van der Waals surface area contributed by atoms with Gasteiger partial charge in [0.2, 0.25) is 5.91 Å². The Hall–Kier alpha value is -1.64. The third-order valence-corrected chi connectivity index (χ3v) is 7.06. The van der Waals surface area contributed by atoms with Crippen LogP contribution < -0.4 is 5.32 Å². The van der Waals surface area contributed by atoms with E-state index in [4.69, 9.17) is 0 Å². The van der Waals surface area contributed by atoms with Crippen LogP contribution in [0.15, 0.2) is 30.3 Å². The van der Waals surface area contributed by atoms with Crippen molar-refractivity contribution in [3.8, 4) is 0 Å². The van der Waals surface area contributed by atoms with E-state index >= 15 is 0 Å². The Kier molecular flexibility index (Phi) is 6.10. The molecule has 0 aromatic heterocycles. The van der Waals surface area contributed by atoms with Crippen LogP contribution in [0.4, 0.5) is 13.2 Å². The highest BCUT2D eigenvalue weighted by atomic mass is 19.4. The van der Waals surface area contributed by atoms with Crippen molar-refractivity contribution in [2.45, 2.75) is 56.0 Å². The second kappa shape index (κ2) is 8.48. The molecular formula is C22H30F3N3O2. The van der Waals surface area contributed by atoms with E-state index in [-0.39, 0.29) is 31.0 Å². The molecular weight excluding hydrogens is 395 g/mol. The fraction of sp³-hybridized carbons (Fsp3) is 0.682. The lowest BCUT2D eigenvalue weighted by atomic mass is 9.66. The number of amides is 1. The van der Waals surface area contributed by atoms with Crippen LogP contribution in [-0.2, 0) is 10.4 Å². The van der Waals surface area contributed by atoms with Crippen molar-refractivity contribution in [3.05, 3.63) is 35.9 Å². The molecule has 8 heteroatoms. The van der Waals surface area contributed by atoms with Crippen molar-refractivity contribution in [1.29, 1.82) is 0 Å². The number of rotatable bonds is 3. The summed E-state index contributed by atoms with van der Waals surface area (Å²) in [7, 11) is 0. The number of carbonyl (C=O) groups is 1. The first-order valence-corrected chi connectivity index (χ1v) is 10.9. The Labute approximate surface area is 175 Å². The monoisotopic (exact) mass is 425 g/mol. The van der Waals surface area contributed by atoms with Gasteiger partial charge in [-0.25, -0.2) is 0 Å². The summed E-state index contributed by atoms with van der Waals surface area (Å²) >= 11 is 0. The van der Waals surface area contributed by atoms with Crippen molar-refractivity contribution in [1.82, 2.24) is 15.1 Å². The summed E-state index contributed by atoms with van der Waals surface area (Å²) < 4.78 is 39.2. The first-order chi connectivity index (χ1) is 14.3. The maximum Gasteiger partial charge on any atom is 0.401 e. The van der Waals surface area contributed by atoms with Gasteiger partial charge >= 0.3 is 6.18 Å². The Morgan fingerprint density at radius 3 is 2.63 bits per heavy atom. The molecule has 0 spiro atoms. The van der Waals surface area contributed by atoms with Crippen LogP contribution in [-0.4, -0.2) is 71.8 Å². The molecule has 2 N–H and O–H groups in total. The van der Waals surface area contributed by atoms with E-state index < -0.39 is 24.4 Å². The zero-order valence-electron chi connectivity index (χ0n) is 17.1. The Morgan fingerprint density at radius 1 is 1.17 bits per heavy atom. The number of piperazine rings is 1. The highest BCUT2D eigenvalue weighted by molar-refractivity contribution is 5.83. The molecule has 4 atom stereocenters. The molecule has 2 saturated heterocycles. The van der Waals surface area contributed by atoms with Gasteiger partial charge in [-0.05, 0) is 24.8 Å². The molecule has 5 nitrogen and oxygen atoms in total. The van der Waals surface area contributed by atoms with Gasteiger partial charge in [0, 0.05) is 38.1 Å². The number of fused-ring (bicyclic) bond motifs is 1. The standard InChI is InChI=1S/C22H30F3N3O2/c23-22(24,25)15-27-13-11-26-14-19(27)20(29)28-12-10-21(30,16-6-2-1-3-7-16)17-8-4-5-9-18(17)28/h1-3,6-7,17-19,26,30H,4-5,8-15H2/t17-,18+,19?,21?/m0/s1. The van der Waals surface area contributed by atoms with Gasteiger partial charge in [-0.2, -0.15) is 13.2 Å². The van der Waals surface area contributed by atoms with Gasteiger partial charge in [0.05, 0.1) is 12.1 Å². The van der Waals surface area contributed by atoms with E-state index in [2.05, 4.69) is 5.32 Å². The summed E-state index contributed by atoms with van der Waals surface area (Å²) in [6.07, 6.45) is -0.378. The van der Waals surface area contributed by atoms with Gasteiger partial charge in [-0.3, -0.25) is 9.69 Å². The number of piperidine rings is 1. The number of aliphatic hydroxyl groups is 1. The van der Waals surface area contributed by atoms with Gasteiger partial charge in [-0.1, -0.05) is 43.2 Å². The third kappa shape index (κ3) is 4.22. The summed E-state index contributed by atoms with van der Waals surface area (Å²) in [6, 6.07) is 8.63. The summed E-state index contributed by atoms with van der Waals surface area (Å²) in [5, 5.41) is 14.7. The lowest BCUT2D eigenvalue weighted by molar-refractivity contribution is -0.170. The lowest BCUT2D eigenvalue weighted by Gasteiger charge is -2.53. The average Bonchev–Trinajstić information content (AvgIpc) is 2.74. The molecule has 2 heterocycles. The van der Waals surface area contributed by atoms with E-state index in [1.54, 1.807) is 4.90 Å². The number of nitrogens with zero attached hydrogens (tertiary/aromatic N) is 2. The zero-order valence-corrected chi connectivity index (χ0v) is 17.1. The van der Waals surface area contributed by atoms with E-state index in [0.717, 1.165) is 31.2 Å². The molecule has 1 aromatic carbocycles. The number of hydrogen-bond acceptors (Lipinski definition) is 4. The number of nitrogens with one attached hydrogen (secondary N) is 1. The van der Waals surface area contributed by atoms with Crippen molar-refractivity contribution in [3.63, 3.8) is 0 Å². The maximum atomic E-state index is 13.4. The van der Waals surface area contributed by atoms with Crippen molar-refractivity contribution in [2.24, 2.45) is 5.92 Å². The molecule has 1 saturated carbocycles. The number of carbonyl (C=O) groups excluding carboxylic acids is 1. The van der Waals surface area contributed by atoms with Crippen LogP contribution in [0.1, 0.15) is 37.7 Å². The first-order valence-electron chi connectivity index (χ1n) is 10.9. The predicted molar refractivity (Wildman–Crippen MR) is 107 cm³/mol. The molecule has 3 fully saturated rings. The molecule has 0 radical (unpaired) electrons. The van der Waals surface area contributed by atoms with Crippen molar-refractivity contribution >= 4 is 5.91 Å². The zero-order chi connectivity index (χ0) is 21.4. The van der Waals surface area contributed by atoms with Gasteiger partial charge < -0.3 is 15.3 Å². The van der Waals surface area contributed by atoms with Gasteiger partial charge in [0.1, 0.15) is 6.04 Å². The van der Waals surface area contributed by atoms with Gasteiger partial charge in [-0.15, -0.1) is 0 Å². The summed E-state index contributed by atoms with van der Waals surface area (Å²) in [5.41, 5.74) is -0.133. The highest BCUT2D eigenvalue weighted by Crippen LogP contribution is 2.47. The topological polar surface area (TPSA) is 55.8 Å². The molecule has 2 unspecified atom stereocenters. The summed E-state index contributed by atoms with van der Waals surface area (Å²) in [6.45, 7) is 0.167. The number of likely N-dealkylation sites (tertiary alicyclic amines) is 1. The van der Waals surface area contributed by atoms with Crippen LogP contribution in [0.5, 0.6) is 0 Å². The van der Waals surface area contributed by atoms with Crippen LogP contribution in [0.3, 0.4) is 0 Å². The fourth-order valence-corrected chi connectivity index (χ4v) is 5.64. The minimum absolute atomic E-state index is 0.0982. The number of alkyl halides is 3. The minimum Gasteiger partial charge on any atom is -0.385 e. The molecule has 1 amide bonds. The average molecular weight is 425 g/mol. The Morgan fingerprint density at radius 2 is 1.90 bits per heavy atom. The Bertz CT molecular complexity index is 745.